The Bertz CT molecular complexity index is 521. The van der Waals surface area contributed by atoms with Gasteiger partial charge < -0.3 is 10.4 Å². The third kappa shape index (κ3) is 3.20. The van der Waals surface area contributed by atoms with Crippen LogP contribution in [-0.2, 0) is 17.6 Å². The molecule has 0 saturated heterocycles. The minimum absolute atomic E-state index is 0.0829. The van der Waals surface area contributed by atoms with Crippen molar-refractivity contribution in [2.24, 2.45) is 5.92 Å². The first kappa shape index (κ1) is 15.0. The van der Waals surface area contributed by atoms with Crippen LogP contribution in [0.2, 0.25) is 0 Å². The number of carbonyl (C=O) groups is 2. The fourth-order valence-electron chi connectivity index (χ4n) is 2.52. The molecular weight excluding hydrogens is 274 g/mol. The van der Waals surface area contributed by atoms with E-state index in [-0.39, 0.29) is 5.91 Å². The molecule has 1 aromatic rings. The summed E-state index contributed by atoms with van der Waals surface area (Å²) in [6, 6.07) is 0. The molecule has 20 heavy (non-hydrogen) atoms. The van der Waals surface area contributed by atoms with E-state index in [9.17, 15) is 14.7 Å². The highest BCUT2D eigenvalue weighted by molar-refractivity contribution is 7.17. The maximum atomic E-state index is 12.0. The Balaban J connectivity index is 2.21. The Hall–Kier alpha value is -1.36. The average molecular weight is 295 g/mol. The topological polar surface area (TPSA) is 66.4 Å². The van der Waals surface area contributed by atoms with E-state index >= 15 is 0 Å². The van der Waals surface area contributed by atoms with E-state index in [0.29, 0.717) is 22.9 Å². The molecule has 1 aromatic heterocycles. The van der Waals surface area contributed by atoms with Gasteiger partial charge in [0.05, 0.1) is 5.56 Å². The molecule has 0 saturated carbocycles. The van der Waals surface area contributed by atoms with Crippen LogP contribution in [0.25, 0.3) is 0 Å². The van der Waals surface area contributed by atoms with Gasteiger partial charge in [-0.05, 0) is 37.2 Å². The van der Waals surface area contributed by atoms with Crippen molar-refractivity contribution >= 4 is 28.2 Å². The number of anilines is 1. The van der Waals surface area contributed by atoms with Crippen molar-refractivity contribution in [3.8, 4) is 0 Å². The van der Waals surface area contributed by atoms with Crippen LogP contribution in [0.1, 0.15) is 60.3 Å². The standard InChI is InChI=1S/C15H21NO3S/c1-3-9(2)8-12(17)16-14-13(15(18)19)10-6-4-5-7-11(10)20-14/h9H,3-8H2,1-2H3,(H,16,17)(H,18,19). The summed E-state index contributed by atoms with van der Waals surface area (Å²) in [6.45, 7) is 4.07. The summed E-state index contributed by atoms with van der Waals surface area (Å²) in [7, 11) is 0. The van der Waals surface area contributed by atoms with Crippen molar-refractivity contribution in [2.75, 3.05) is 5.32 Å². The Morgan fingerprint density at radius 2 is 2.05 bits per heavy atom. The summed E-state index contributed by atoms with van der Waals surface area (Å²) < 4.78 is 0. The molecule has 0 aromatic carbocycles. The second-order valence-corrected chi connectivity index (χ2v) is 6.59. The molecule has 0 bridgehead atoms. The van der Waals surface area contributed by atoms with Crippen LogP contribution >= 0.6 is 11.3 Å². The number of hydrogen-bond acceptors (Lipinski definition) is 3. The monoisotopic (exact) mass is 295 g/mol. The third-order valence-corrected chi connectivity index (χ3v) is 5.08. The SMILES string of the molecule is CCC(C)CC(=O)Nc1sc2c(c1C(=O)O)CCCC2. The van der Waals surface area contributed by atoms with Gasteiger partial charge in [0.15, 0.2) is 0 Å². The summed E-state index contributed by atoms with van der Waals surface area (Å²) in [5, 5.41) is 12.7. The lowest BCUT2D eigenvalue weighted by atomic mass is 9.95. The van der Waals surface area contributed by atoms with Crippen molar-refractivity contribution < 1.29 is 14.7 Å². The predicted octanol–water partition coefficient (Wildman–Crippen LogP) is 3.70. The van der Waals surface area contributed by atoms with Gasteiger partial charge >= 0.3 is 5.97 Å². The zero-order valence-electron chi connectivity index (χ0n) is 12.0. The lowest BCUT2D eigenvalue weighted by molar-refractivity contribution is -0.116. The molecule has 4 nitrogen and oxygen atoms in total. The zero-order chi connectivity index (χ0) is 14.7. The molecule has 1 unspecified atom stereocenters. The summed E-state index contributed by atoms with van der Waals surface area (Å²) in [5.74, 6) is -0.693. The van der Waals surface area contributed by atoms with E-state index < -0.39 is 5.97 Å². The number of carboxylic acids is 1. The van der Waals surface area contributed by atoms with Gasteiger partial charge in [-0.2, -0.15) is 0 Å². The quantitative estimate of drug-likeness (QED) is 0.870. The molecule has 110 valence electrons. The van der Waals surface area contributed by atoms with Crippen LogP contribution in [-0.4, -0.2) is 17.0 Å². The summed E-state index contributed by atoms with van der Waals surface area (Å²) in [4.78, 5) is 24.6. The second kappa shape index (κ2) is 6.39. The van der Waals surface area contributed by atoms with Crippen LogP contribution in [0.15, 0.2) is 0 Å². The normalized spacial score (nSPS) is 15.5. The van der Waals surface area contributed by atoms with Gasteiger partial charge in [-0.3, -0.25) is 4.79 Å². The molecule has 0 radical (unpaired) electrons. The maximum Gasteiger partial charge on any atom is 0.339 e. The number of rotatable bonds is 5. The third-order valence-electron chi connectivity index (χ3n) is 3.87. The first-order valence-corrected chi connectivity index (χ1v) is 8.02. The van der Waals surface area contributed by atoms with Crippen LogP contribution < -0.4 is 5.32 Å². The molecule has 1 atom stereocenters. The molecule has 0 aliphatic heterocycles. The van der Waals surface area contributed by atoms with Crippen molar-refractivity contribution in [1.29, 1.82) is 0 Å². The highest BCUT2D eigenvalue weighted by Crippen LogP contribution is 2.38. The number of nitrogens with one attached hydrogen (secondary N) is 1. The van der Waals surface area contributed by atoms with Crippen molar-refractivity contribution in [3.63, 3.8) is 0 Å². The maximum absolute atomic E-state index is 12.0. The van der Waals surface area contributed by atoms with Crippen LogP contribution in [0.5, 0.6) is 0 Å². The fraction of sp³-hybridized carbons (Fsp3) is 0.600. The number of carbonyl (C=O) groups excluding carboxylic acids is 1. The Morgan fingerprint density at radius 1 is 1.35 bits per heavy atom. The van der Waals surface area contributed by atoms with Crippen LogP contribution in [0.3, 0.4) is 0 Å². The predicted molar refractivity (Wildman–Crippen MR) is 80.6 cm³/mol. The number of thiophene rings is 1. The van der Waals surface area contributed by atoms with Crippen molar-refractivity contribution in [1.82, 2.24) is 0 Å². The van der Waals surface area contributed by atoms with Crippen molar-refractivity contribution in [2.45, 2.75) is 52.4 Å². The lowest BCUT2D eigenvalue weighted by Gasteiger charge is -2.11. The molecule has 2 rings (SSSR count). The number of carboxylic acid groups (broad SMARTS) is 1. The summed E-state index contributed by atoms with van der Waals surface area (Å²) in [5.41, 5.74) is 1.26. The van der Waals surface area contributed by atoms with Gasteiger partial charge in [-0.25, -0.2) is 4.79 Å². The number of hydrogen-bond donors (Lipinski definition) is 2. The van der Waals surface area contributed by atoms with Gasteiger partial charge in [0, 0.05) is 11.3 Å². The molecule has 1 aliphatic carbocycles. The Labute approximate surface area is 123 Å². The van der Waals surface area contributed by atoms with Gasteiger partial charge in [0.1, 0.15) is 5.00 Å². The molecule has 1 heterocycles. The van der Waals surface area contributed by atoms with Gasteiger partial charge in [-0.15, -0.1) is 11.3 Å². The van der Waals surface area contributed by atoms with E-state index in [4.69, 9.17) is 0 Å². The number of fused-ring (bicyclic) bond motifs is 1. The Kier molecular flexibility index (Phi) is 4.81. The first-order valence-electron chi connectivity index (χ1n) is 7.20. The van der Waals surface area contributed by atoms with E-state index in [1.54, 1.807) is 0 Å². The van der Waals surface area contributed by atoms with E-state index in [1.165, 1.54) is 11.3 Å². The molecule has 5 heteroatoms. The molecule has 1 aliphatic rings. The highest BCUT2D eigenvalue weighted by Gasteiger charge is 2.26. The van der Waals surface area contributed by atoms with Gasteiger partial charge in [0.25, 0.3) is 0 Å². The van der Waals surface area contributed by atoms with Gasteiger partial charge in [-0.1, -0.05) is 20.3 Å². The summed E-state index contributed by atoms with van der Waals surface area (Å²) >= 11 is 1.44. The fourth-order valence-corrected chi connectivity index (χ4v) is 3.82. The molecule has 1 amide bonds. The molecule has 0 spiro atoms. The lowest BCUT2D eigenvalue weighted by Crippen LogP contribution is -2.16. The van der Waals surface area contributed by atoms with E-state index in [2.05, 4.69) is 5.32 Å². The smallest absolute Gasteiger partial charge is 0.339 e. The molecule has 2 N–H and O–H groups in total. The van der Waals surface area contributed by atoms with Crippen molar-refractivity contribution in [3.05, 3.63) is 16.0 Å². The van der Waals surface area contributed by atoms with Crippen LogP contribution in [0, 0.1) is 5.92 Å². The molecular formula is C15H21NO3S. The number of amides is 1. The summed E-state index contributed by atoms with van der Waals surface area (Å²) in [6.07, 6.45) is 5.27. The number of aryl methyl sites for hydroxylation is 1. The van der Waals surface area contributed by atoms with Gasteiger partial charge in [0.2, 0.25) is 5.91 Å². The number of aromatic carboxylic acids is 1. The average Bonchev–Trinajstić information content (AvgIpc) is 2.75. The second-order valence-electron chi connectivity index (χ2n) is 5.49. The first-order chi connectivity index (χ1) is 9.52. The Morgan fingerprint density at radius 3 is 2.70 bits per heavy atom. The molecule has 0 fully saturated rings. The minimum atomic E-state index is -0.928. The minimum Gasteiger partial charge on any atom is -0.478 e. The zero-order valence-corrected chi connectivity index (χ0v) is 12.8. The highest BCUT2D eigenvalue weighted by atomic mass is 32.1. The van der Waals surface area contributed by atoms with E-state index in [0.717, 1.165) is 42.5 Å². The van der Waals surface area contributed by atoms with E-state index in [1.807, 2.05) is 13.8 Å². The van der Waals surface area contributed by atoms with Crippen LogP contribution in [0.4, 0.5) is 5.00 Å². The largest absolute Gasteiger partial charge is 0.478 e.